The van der Waals surface area contributed by atoms with Crippen molar-refractivity contribution in [1.29, 1.82) is 0 Å². The predicted octanol–water partition coefficient (Wildman–Crippen LogP) is 2.53. The first-order chi connectivity index (χ1) is 9.74. The van der Waals surface area contributed by atoms with Gasteiger partial charge in [-0.05, 0) is 68.5 Å². The Morgan fingerprint density at radius 2 is 1.85 bits per heavy atom. The zero-order chi connectivity index (χ0) is 13.9. The minimum Gasteiger partial charge on any atom is -0.339 e. The van der Waals surface area contributed by atoms with Crippen LogP contribution in [0.1, 0.15) is 47.5 Å². The molecule has 2 aliphatic heterocycles. The van der Waals surface area contributed by atoms with Crippen LogP contribution in [-0.2, 0) is 0 Å². The SMILES string of the molecule is O=C(c1cc(F)cc(C2CCNCC2)c1)N1CCCC1. The lowest BCUT2D eigenvalue weighted by molar-refractivity contribution is 0.0792. The molecule has 3 nitrogen and oxygen atoms in total. The Labute approximate surface area is 119 Å². The van der Waals surface area contributed by atoms with E-state index in [1.807, 2.05) is 11.0 Å². The highest BCUT2D eigenvalue weighted by atomic mass is 19.1. The summed E-state index contributed by atoms with van der Waals surface area (Å²) in [5, 5.41) is 3.31. The molecule has 0 aromatic heterocycles. The summed E-state index contributed by atoms with van der Waals surface area (Å²) in [7, 11) is 0. The van der Waals surface area contributed by atoms with Crippen molar-refractivity contribution in [2.24, 2.45) is 0 Å². The second-order valence-electron chi connectivity index (χ2n) is 5.80. The molecule has 0 spiro atoms. The molecule has 2 aliphatic rings. The van der Waals surface area contributed by atoms with Gasteiger partial charge in [-0.2, -0.15) is 0 Å². The standard InChI is InChI=1S/C16H21FN2O/c17-15-10-13(12-3-5-18-6-4-12)9-14(11-15)16(20)19-7-1-2-8-19/h9-12,18H,1-8H2. The highest BCUT2D eigenvalue weighted by Crippen LogP contribution is 2.27. The number of hydrogen-bond acceptors (Lipinski definition) is 2. The van der Waals surface area contributed by atoms with Gasteiger partial charge in [0.05, 0.1) is 0 Å². The Morgan fingerprint density at radius 1 is 1.15 bits per heavy atom. The lowest BCUT2D eigenvalue weighted by Crippen LogP contribution is -2.29. The molecule has 1 amide bonds. The van der Waals surface area contributed by atoms with Gasteiger partial charge in [0.1, 0.15) is 5.82 Å². The van der Waals surface area contributed by atoms with Crippen LogP contribution >= 0.6 is 0 Å². The highest BCUT2D eigenvalue weighted by molar-refractivity contribution is 5.94. The number of benzene rings is 1. The maximum atomic E-state index is 13.8. The second kappa shape index (κ2) is 5.92. The Balaban J connectivity index is 1.83. The fraction of sp³-hybridized carbons (Fsp3) is 0.562. The molecule has 0 atom stereocenters. The molecule has 2 fully saturated rings. The Hall–Kier alpha value is -1.42. The van der Waals surface area contributed by atoms with Crippen LogP contribution in [-0.4, -0.2) is 37.0 Å². The van der Waals surface area contributed by atoms with Crippen LogP contribution in [0.25, 0.3) is 0 Å². The monoisotopic (exact) mass is 276 g/mol. The molecule has 2 heterocycles. The van der Waals surface area contributed by atoms with Gasteiger partial charge in [-0.3, -0.25) is 4.79 Å². The van der Waals surface area contributed by atoms with E-state index in [-0.39, 0.29) is 11.7 Å². The quantitative estimate of drug-likeness (QED) is 0.900. The normalized spacial score (nSPS) is 20.4. The summed E-state index contributed by atoms with van der Waals surface area (Å²) >= 11 is 0. The van der Waals surface area contributed by atoms with Crippen molar-refractivity contribution in [1.82, 2.24) is 10.2 Å². The first kappa shape index (κ1) is 13.6. The number of likely N-dealkylation sites (tertiary alicyclic amines) is 1. The summed E-state index contributed by atoms with van der Waals surface area (Å²) in [6.07, 6.45) is 4.14. The zero-order valence-electron chi connectivity index (χ0n) is 11.7. The fourth-order valence-electron chi connectivity index (χ4n) is 3.23. The van der Waals surface area contributed by atoms with E-state index in [1.54, 1.807) is 6.07 Å². The van der Waals surface area contributed by atoms with Gasteiger partial charge in [-0.1, -0.05) is 0 Å². The molecule has 4 heteroatoms. The topological polar surface area (TPSA) is 32.3 Å². The first-order valence-corrected chi connectivity index (χ1v) is 7.54. The van der Waals surface area contributed by atoms with E-state index < -0.39 is 0 Å². The zero-order valence-corrected chi connectivity index (χ0v) is 11.7. The van der Waals surface area contributed by atoms with Gasteiger partial charge in [0.25, 0.3) is 5.91 Å². The van der Waals surface area contributed by atoms with Crippen LogP contribution in [0.3, 0.4) is 0 Å². The van der Waals surface area contributed by atoms with Gasteiger partial charge in [0.15, 0.2) is 0 Å². The molecule has 1 N–H and O–H groups in total. The number of carbonyl (C=O) groups excluding carboxylic acids is 1. The number of nitrogens with zero attached hydrogens (tertiary/aromatic N) is 1. The van der Waals surface area contributed by atoms with E-state index in [1.165, 1.54) is 6.07 Å². The van der Waals surface area contributed by atoms with Crippen molar-refractivity contribution in [2.75, 3.05) is 26.2 Å². The van der Waals surface area contributed by atoms with Crippen LogP contribution in [0.4, 0.5) is 4.39 Å². The van der Waals surface area contributed by atoms with E-state index in [9.17, 15) is 9.18 Å². The van der Waals surface area contributed by atoms with Crippen LogP contribution in [0.2, 0.25) is 0 Å². The largest absolute Gasteiger partial charge is 0.339 e. The molecule has 0 unspecified atom stereocenters. The molecule has 0 radical (unpaired) electrons. The maximum Gasteiger partial charge on any atom is 0.253 e. The van der Waals surface area contributed by atoms with Crippen molar-refractivity contribution in [3.63, 3.8) is 0 Å². The molecule has 1 aromatic rings. The third-order valence-corrected chi connectivity index (χ3v) is 4.37. The molecule has 0 bridgehead atoms. The van der Waals surface area contributed by atoms with Gasteiger partial charge < -0.3 is 10.2 Å². The predicted molar refractivity (Wildman–Crippen MR) is 76.4 cm³/mol. The number of nitrogens with one attached hydrogen (secondary N) is 1. The average Bonchev–Trinajstić information content (AvgIpc) is 3.01. The van der Waals surface area contributed by atoms with Crippen molar-refractivity contribution in [3.05, 3.63) is 35.1 Å². The summed E-state index contributed by atoms with van der Waals surface area (Å²) < 4.78 is 13.8. The molecular weight excluding hydrogens is 255 g/mol. The summed E-state index contributed by atoms with van der Waals surface area (Å²) in [6, 6.07) is 4.88. The summed E-state index contributed by atoms with van der Waals surface area (Å²) in [6.45, 7) is 3.54. The molecule has 20 heavy (non-hydrogen) atoms. The third-order valence-electron chi connectivity index (χ3n) is 4.37. The first-order valence-electron chi connectivity index (χ1n) is 7.54. The second-order valence-corrected chi connectivity index (χ2v) is 5.80. The summed E-state index contributed by atoms with van der Waals surface area (Å²) in [5.74, 6) is 0.0674. The van der Waals surface area contributed by atoms with Gasteiger partial charge in [-0.25, -0.2) is 4.39 Å². The fourth-order valence-corrected chi connectivity index (χ4v) is 3.23. The van der Waals surface area contributed by atoms with E-state index in [4.69, 9.17) is 0 Å². The van der Waals surface area contributed by atoms with Crippen LogP contribution in [0, 0.1) is 5.82 Å². The minimum atomic E-state index is -0.288. The highest BCUT2D eigenvalue weighted by Gasteiger charge is 2.22. The van der Waals surface area contributed by atoms with E-state index in [2.05, 4.69) is 5.32 Å². The van der Waals surface area contributed by atoms with E-state index in [0.29, 0.717) is 11.5 Å². The number of halogens is 1. The van der Waals surface area contributed by atoms with Crippen LogP contribution in [0.5, 0.6) is 0 Å². The summed E-state index contributed by atoms with van der Waals surface area (Å²) in [4.78, 5) is 14.2. The molecule has 0 aliphatic carbocycles. The Bertz CT molecular complexity index is 491. The van der Waals surface area contributed by atoms with Crippen molar-refractivity contribution < 1.29 is 9.18 Å². The van der Waals surface area contributed by atoms with Crippen LogP contribution < -0.4 is 5.32 Å². The van der Waals surface area contributed by atoms with Crippen LogP contribution in [0.15, 0.2) is 18.2 Å². The van der Waals surface area contributed by atoms with Gasteiger partial charge in [0.2, 0.25) is 0 Å². The van der Waals surface area contributed by atoms with Gasteiger partial charge in [0, 0.05) is 18.7 Å². The lowest BCUT2D eigenvalue weighted by atomic mass is 9.89. The summed E-state index contributed by atoms with van der Waals surface area (Å²) in [5.41, 5.74) is 1.49. The number of hydrogen-bond donors (Lipinski definition) is 1. The average molecular weight is 276 g/mol. The minimum absolute atomic E-state index is 0.0165. The smallest absolute Gasteiger partial charge is 0.253 e. The van der Waals surface area contributed by atoms with E-state index >= 15 is 0 Å². The van der Waals surface area contributed by atoms with Crippen molar-refractivity contribution in [2.45, 2.75) is 31.6 Å². The number of rotatable bonds is 2. The number of piperidine rings is 1. The molecule has 108 valence electrons. The molecule has 0 saturated carbocycles. The number of carbonyl (C=O) groups is 1. The maximum absolute atomic E-state index is 13.8. The number of amides is 1. The Kier molecular flexibility index (Phi) is 4.01. The van der Waals surface area contributed by atoms with Gasteiger partial charge in [-0.15, -0.1) is 0 Å². The van der Waals surface area contributed by atoms with Gasteiger partial charge >= 0.3 is 0 Å². The molecule has 1 aromatic carbocycles. The Morgan fingerprint density at radius 3 is 2.55 bits per heavy atom. The third kappa shape index (κ3) is 2.85. The lowest BCUT2D eigenvalue weighted by Gasteiger charge is -2.24. The van der Waals surface area contributed by atoms with Crippen molar-refractivity contribution >= 4 is 5.91 Å². The molecule has 2 saturated heterocycles. The molecular formula is C16H21FN2O. The van der Waals surface area contributed by atoms with E-state index in [0.717, 1.165) is 57.4 Å². The van der Waals surface area contributed by atoms with Crippen molar-refractivity contribution in [3.8, 4) is 0 Å². The molecule has 3 rings (SSSR count).